The van der Waals surface area contributed by atoms with Crippen LogP contribution in [0.5, 0.6) is 0 Å². The molecule has 168 valence electrons. The summed E-state index contributed by atoms with van der Waals surface area (Å²) in [7, 11) is 0. The summed E-state index contributed by atoms with van der Waals surface area (Å²) in [6.07, 6.45) is 1.18. The van der Waals surface area contributed by atoms with Gasteiger partial charge in [-0.1, -0.05) is 37.3 Å². The molecule has 8 nitrogen and oxygen atoms in total. The van der Waals surface area contributed by atoms with Gasteiger partial charge in [0.05, 0.1) is 37.2 Å². The van der Waals surface area contributed by atoms with E-state index in [2.05, 4.69) is 5.32 Å². The van der Waals surface area contributed by atoms with Crippen molar-refractivity contribution in [2.45, 2.75) is 63.4 Å². The summed E-state index contributed by atoms with van der Waals surface area (Å²) in [6.45, 7) is 3.86. The molecule has 3 aliphatic rings. The number of amides is 2. The zero-order chi connectivity index (χ0) is 22.2. The lowest BCUT2D eigenvalue weighted by Gasteiger charge is -2.36. The summed E-state index contributed by atoms with van der Waals surface area (Å²) in [5.41, 5.74) is -0.126. The minimum absolute atomic E-state index is 0.217. The molecule has 1 spiro atoms. The summed E-state index contributed by atoms with van der Waals surface area (Å²) in [4.78, 5) is 41.2. The molecule has 2 amide bonds. The predicted molar refractivity (Wildman–Crippen MR) is 111 cm³/mol. The van der Waals surface area contributed by atoms with Crippen molar-refractivity contribution in [3.63, 3.8) is 0 Å². The molecule has 4 rings (SSSR count). The first-order valence-electron chi connectivity index (χ1n) is 11.1. The Hall–Kier alpha value is -2.45. The molecule has 0 aliphatic carbocycles. The van der Waals surface area contributed by atoms with E-state index < -0.39 is 41.6 Å². The molecule has 0 aromatic heterocycles. The first-order valence-corrected chi connectivity index (χ1v) is 11.1. The van der Waals surface area contributed by atoms with Crippen molar-refractivity contribution in [2.75, 3.05) is 13.2 Å². The van der Waals surface area contributed by atoms with Gasteiger partial charge in [0.1, 0.15) is 11.6 Å². The number of ether oxygens (including phenoxy) is 2. The van der Waals surface area contributed by atoms with Crippen LogP contribution in [-0.4, -0.2) is 64.8 Å². The molecule has 3 saturated heterocycles. The van der Waals surface area contributed by atoms with Gasteiger partial charge in [0.2, 0.25) is 11.8 Å². The van der Waals surface area contributed by atoms with Crippen LogP contribution in [0.15, 0.2) is 30.3 Å². The summed E-state index contributed by atoms with van der Waals surface area (Å²) in [6, 6.07) is 8.10. The van der Waals surface area contributed by atoms with Crippen LogP contribution in [0, 0.1) is 11.8 Å². The number of fused-ring (bicyclic) bond motifs is 1. The number of rotatable bonds is 8. The Bertz CT molecular complexity index is 842. The molecule has 3 heterocycles. The van der Waals surface area contributed by atoms with Gasteiger partial charge in [-0.05, 0) is 31.7 Å². The van der Waals surface area contributed by atoms with Crippen LogP contribution in [0.3, 0.4) is 0 Å². The molecule has 2 N–H and O–H groups in total. The van der Waals surface area contributed by atoms with Crippen molar-refractivity contribution in [3.05, 3.63) is 35.9 Å². The lowest BCUT2D eigenvalue weighted by Crippen LogP contribution is -2.57. The van der Waals surface area contributed by atoms with Crippen LogP contribution < -0.4 is 5.32 Å². The maximum absolute atomic E-state index is 13.6. The maximum atomic E-state index is 13.6. The van der Waals surface area contributed by atoms with E-state index in [1.807, 2.05) is 37.3 Å². The lowest BCUT2D eigenvalue weighted by atomic mass is 9.71. The number of nitrogens with zero attached hydrogens (tertiary/aromatic N) is 1. The third-order valence-corrected chi connectivity index (χ3v) is 6.93. The SMILES string of the molecule is CCOC(=O)[C@@H]1[C@@H]2CC[C@]3(O2)[C@H](C(=O)NCc2ccccc2)N([C@@H](CC)CO)C(=O)[C@@H]13. The third kappa shape index (κ3) is 3.42. The smallest absolute Gasteiger partial charge is 0.312 e. The molecule has 3 fully saturated rings. The summed E-state index contributed by atoms with van der Waals surface area (Å²) >= 11 is 0. The standard InChI is InChI=1S/C23H30N2O6/c1-3-15(13-26)25-19(20(27)24-12-14-8-6-5-7-9-14)23-11-10-16(31-23)17(18(23)21(25)28)22(29)30-4-2/h5-9,15-19,26H,3-4,10-13H2,1-2H3,(H,24,27)/t15-,16-,17+,18+,19-,23+/m0/s1. The molecular formula is C23H30N2O6. The summed E-state index contributed by atoms with van der Waals surface area (Å²) < 4.78 is 11.5. The Morgan fingerprint density at radius 1 is 1.32 bits per heavy atom. The Morgan fingerprint density at radius 3 is 2.71 bits per heavy atom. The number of carbonyl (C=O) groups is 3. The highest BCUT2D eigenvalue weighted by atomic mass is 16.6. The Labute approximate surface area is 181 Å². The van der Waals surface area contributed by atoms with Gasteiger partial charge in [-0.15, -0.1) is 0 Å². The van der Waals surface area contributed by atoms with Crippen molar-refractivity contribution >= 4 is 17.8 Å². The van der Waals surface area contributed by atoms with Crippen molar-refractivity contribution in [2.24, 2.45) is 11.8 Å². The molecular weight excluding hydrogens is 400 g/mol. The highest BCUT2D eigenvalue weighted by Gasteiger charge is 2.75. The highest BCUT2D eigenvalue weighted by Crippen LogP contribution is 2.59. The molecule has 6 atom stereocenters. The first-order chi connectivity index (χ1) is 15.0. The normalized spacial score (nSPS) is 32.1. The van der Waals surface area contributed by atoms with Crippen LogP contribution >= 0.6 is 0 Å². The second-order valence-electron chi connectivity index (χ2n) is 8.50. The molecule has 8 heteroatoms. The van der Waals surface area contributed by atoms with E-state index in [9.17, 15) is 19.5 Å². The van der Waals surface area contributed by atoms with Gasteiger partial charge in [-0.3, -0.25) is 14.4 Å². The number of hydrogen-bond donors (Lipinski definition) is 2. The zero-order valence-corrected chi connectivity index (χ0v) is 18.0. The number of hydrogen-bond acceptors (Lipinski definition) is 6. The van der Waals surface area contributed by atoms with Gasteiger partial charge in [0, 0.05) is 6.54 Å². The monoisotopic (exact) mass is 430 g/mol. The number of esters is 1. The molecule has 1 aromatic rings. The number of likely N-dealkylation sites (tertiary alicyclic amines) is 1. The first kappa shape index (κ1) is 21.8. The molecule has 0 unspecified atom stereocenters. The number of carbonyl (C=O) groups excluding carboxylic acids is 3. The van der Waals surface area contributed by atoms with Crippen molar-refractivity contribution < 1.29 is 29.0 Å². The number of benzene rings is 1. The van der Waals surface area contributed by atoms with Crippen LogP contribution in [0.1, 0.15) is 38.7 Å². The van der Waals surface area contributed by atoms with Crippen molar-refractivity contribution in [3.8, 4) is 0 Å². The minimum atomic E-state index is -1.07. The molecule has 3 aliphatic heterocycles. The van der Waals surface area contributed by atoms with Crippen LogP contribution in [0.4, 0.5) is 0 Å². The van der Waals surface area contributed by atoms with Crippen molar-refractivity contribution in [1.82, 2.24) is 10.2 Å². The summed E-state index contributed by atoms with van der Waals surface area (Å²) in [5.74, 6) is -2.56. The lowest BCUT2D eigenvalue weighted by molar-refractivity contribution is -0.155. The van der Waals surface area contributed by atoms with E-state index in [4.69, 9.17) is 9.47 Å². The average Bonchev–Trinajstić information content (AvgIpc) is 3.42. The number of nitrogens with one attached hydrogen (secondary N) is 1. The van der Waals surface area contributed by atoms with Gasteiger partial charge >= 0.3 is 5.97 Å². The van der Waals surface area contributed by atoms with Crippen LogP contribution in [0.25, 0.3) is 0 Å². The molecule has 1 aromatic carbocycles. The van der Waals surface area contributed by atoms with E-state index in [0.717, 1.165) is 5.56 Å². The van der Waals surface area contributed by atoms with Crippen LogP contribution in [-0.2, 0) is 30.4 Å². The number of aliphatic hydroxyl groups excluding tert-OH is 1. The van der Waals surface area contributed by atoms with E-state index >= 15 is 0 Å². The average molecular weight is 431 g/mol. The molecule has 0 saturated carbocycles. The second-order valence-corrected chi connectivity index (χ2v) is 8.50. The van der Waals surface area contributed by atoms with Gasteiger partial charge in [-0.2, -0.15) is 0 Å². The largest absolute Gasteiger partial charge is 0.466 e. The quantitative estimate of drug-likeness (QED) is 0.597. The summed E-state index contributed by atoms with van der Waals surface area (Å²) in [5, 5.41) is 12.9. The maximum Gasteiger partial charge on any atom is 0.312 e. The Morgan fingerprint density at radius 2 is 2.06 bits per heavy atom. The fourth-order valence-corrected chi connectivity index (χ4v) is 5.59. The van der Waals surface area contributed by atoms with Gasteiger partial charge in [0.25, 0.3) is 0 Å². The Kier molecular flexibility index (Phi) is 6.03. The van der Waals surface area contributed by atoms with Crippen LogP contribution in [0.2, 0.25) is 0 Å². The van der Waals surface area contributed by atoms with Gasteiger partial charge < -0.3 is 24.8 Å². The number of aliphatic hydroxyl groups is 1. The topological polar surface area (TPSA) is 105 Å². The molecule has 31 heavy (non-hydrogen) atoms. The van der Waals surface area contributed by atoms with Gasteiger partial charge in [-0.25, -0.2) is 0 Å². The van der Waals surface area contributed by atoms with E-state index in [-0.39, 0.29) is 25.0 Å². The predicted octanol–water partition coefficient (Wildman–Crippen LogP) is 1.01. The fourth-order valence-electron chi connectivity index (χ4n) is 5.59. The van der Waals surface area contributed by atoms with Crippen molar-refractivity contribution in [1.29, 1.82) is 0 Å². The molecule has 2 bridgehead atoms. The van der Waals surface area contributed by atoms with Gasteiger partial charge in [0.15, 0.2) is 0 Å². The highest BCUT2D eigenvalue weighted by molar-refractivity contribution is 5.98. The van der Waals surface area contributed by atoms with E-state index in [0.29, 0.717) is 25.8 Å². The van der Waals surface area contributed by atoms with E-state index in [1.165, 1.54) is 4.90 Å². The third-order valence-electron chi connectivity index (χ3n) is 6.93. The zero-order valence-electron chi connectivity index (χ0n) is 18.0. The fraction of sp³-hybridized carbons (Fsp3) is 0.609. The molecule has 0 radical (unpaired) electrons. The van der Waals surface area contributed by atoms with E-state index in [1.54, 1.807) is 6.92 Å². The second kappa shape index (κ2) is 8.59. The Balaban J connectivity index is 1.66. The minimum Gasteiger partial charge on any atom is -0.466 e.